The van der Waals surface area contributed by atoms with E-state index in [1.807, 2.05) is 44.2 Å². The summed E-state index contributed by atoms with van der Waals surface area (Å²) in [5.74, 6) is 1.94. The molecule has 0 spiro atoms. The van der Waals surface area contributed by atoms with Crippen LogP contribution in [0.5, 0.6) is 17.2 Å². The fourth-order valence-corrected chi connectivity index (χ4v) is 3.07. The first-order valence-electron chi connectivity index (χ1n) is 9.68. The van der Waals surface area contributed by atoms with Crippen molar-refractivity contribution in [1.82, 2.24) is 10.2 Å². The number of aliphatic hydroxyl groups excluding tert-OH is 1. The number of urea groups is 1. The smallest absolute Gasteiger partial charge is 0.324 e. The molecule has 3 rings (SSSR count). The Morgan fingerprint density at radius 2 is 1.62 bits per heavy atom. The number of amides is 3. The van der Waals surface area contributed by atoms with Gasteiger partial charge in [-0.15, -0.1) is 0 Å². The third-order valence-electron chi connectivity index (χ3n) is 4.45. The third kappa shape index (κ3) is 5.71. The second-order valence-corrected chi connectivity index (χ2v) is 7.43. The molecule has 1 fully saturated rings. The van der Waals surface area contributed by atoms with E-state index in [2.05, 4.69) is 5.32 Å². The van der Waals surface area contributed by atoms with Gasteiger partial charge in [0.05, 0.1) is 6.54 Å². The molecule has 2 atom stereocenters. The molecule has 0 saturated carbocycles. The summed E-state index contributed by atoms with van der Waals surface area (Å²) < 4.78 is 11.3. The van der Waals surface area contributed by atoms with Crippen LogP contribution in [0.4, 0.5) is 4.79 Å². The first-order valence-corrected chi connectivity index (χ1v) is 9.68. The first-order chi connectivity index (χ1) is 13.9. The van der Waals surface area contributed by atoms with Gasteiger partial charge in [0.2, 0.25) is 0 Å². The number of benzene rings is 2. The maximum absolute atomic E-state index is 12.3. The molecule has 7 heteroatoms. The Balaban J connectivity index is 1.47. The van der Waals surface area contributed by atoms with Gasteiger partial charge in [-0.05, 0) is 48.7 Å². The molecule has 1 heterocycles. The van der Waals surface area contributed by atoms with E-state index in [4.69, 9.17) is 9.47 Å². The lowest BCUT2D eigenvalue weighted by Gasteiger charge is -2.18. The van der Waals surface area contributed by atoms with Crippen molar-refractivity contribution in [1.29, 1.82) is 0 Å². The molecule has 0 aromatic heterocycles. The van der Waals surface area contributed by atoms with Crippen LogP contribution in [0.25, 0.3) is 0 Å². The van der Waals surface area contributed by atoms with Crippen molar-refractivity contribution in [3.63, 3.8) is 0 Å². The minimum atomic E-state index is -0.984. The first kappa shape index (κ1) is 20.7. The fraction of sp³-hybridized carbons (Fsp3) is 0.364. The van der Waals surface area contributed by atoms with Gasteiger partial charge >= 0.3 is 6.03 Å². The highest BCUT2D eigenvalue weighted by Crippen LogP contribution is 2.23. The van der Waals surface area contributed by atoms with Gasteiger partial charge < -0.3 is 19.9 Å². The molecule has 1 saturated heterocycles. The average molecular weight is 398 g/mol. The van der Waals surface area contributed by atoms with Crippen molar-refractivity contribution in [3.05, 3.63) is 54.6 Å². The standard InChI is InChI=1S/C22H26N2O5/c1-15(2)12-20-21(26)24(22(27)23-20)13-16(25)14-28-17-8-10-19(11-9-17)29-18-6-4-3-5-7-18/h3-11,15-16,20,25H,12-14H2,1-2H3,(H,23,27). The van der Waals surface area contributed by atoms with E-state index in [0.717, 1.165) is 10.6 Å². The quantitative estimate of drug-likeness (QED) is 0.634. The number of β-amino-alcohol motifs (C(OH)–C–C–N with tert-alkyl or cyclic N) is 1. The number of carbonyl (C=O) groups excluding carboxylic acids is 2. The van der Waals surface area contributed by atoms with Gasteiger partial charge in [0, 0.05) is 0 Å². The number of rotatable bonds is 9. The summed E-state index contributed by atoms with van der Waals surface area (Å²) in [5, 5.41) is 12.9. The lowest BCUT2D eigenvalue weighted by atomic mass is 10.0. The topological polar surface area (TPSA) is 88.1 Å². The number of nitrogens with one attached hydrogen (secondary N) is 1. The molecule has 1 aliphatic heterocycles. The van der Waals surface area contributed by atoms with E-state index in [1.165, 1.54) is 0 Å². The SMILES string of the molecule is CC(C)CC1NC(=O)N(CC(O)COc2ccc(Oc3ccccc3)cc2)C1=O. The molecular formula is C22H26N2O5. The van der Waals surface area contributed by atoms with Gasteiger partial charge in [-0.3, -0.25) is 9.69 Å². The Morgan fingerprint density at radius 3 is 2.28 bits per heavy atom. The minimum absolute atomic E-state index is 0.0369. The van der Waals surface area contributed by atoms with Crippen LogP contribution < -0.4 is 14.8 Å². The molecule has 0 aliphatic carbocycles. The number of ether oxygens (including phenoxy) is 2. The van der Waals surface area contributed by atoms with Crippen molar-refractivity contribution in [2.24, 2.45) is 5.92 Å². The molecule has 1 aliphatic rings. The lowest BCUT2D eigenvalue weighted by molar-refractivity contribution is -0.128. The molecule has 29 heavy (non-hydrogen) atoms. The highest BCUT2D eigenvalue weighted by atomic mass is 16.5. The van der Waals surface area contributed by atoms with Crippen molar-refractivity contribution < 1.29 is 24.2 Å². The number of imide groups is 1. The van der Waals surface area contributed by atoms with E-state index in [0.29, 0.717) is 17.9 Å². The normalized spacial score (nSPS) is 17.4. The highest BCUT2D eigenvalue weighted by Gasteiger charge is 2.38. The summed E-state index contributed by atoms with van der Waals surface area (Å²) >= 11 is 0. The zero-order chi connectivity index (χ0) is 20.8. The van der Waals surface area contributed by atoms with Crippen LogP contribution in [0.3, 0.4) is 0 Å². The van der Waals surface area contributed by atoms with E-state index in [-0.39, 0.29) is 25.0 Å². The van der Waals surface area contributed by atoms with Crippen LogP contribution in [-0.4, -0.2) is 47.2 Å². The summed E-state index contributed by atoms with van der Waals surface area (Å²) in [6.07, 6.45) is -0.409. The van der Waals surface area contributed by atoms with Gasteiger partial charge in [-0.2, -0.15) is 0 Å². The molecule has 2 aromatic carbocycles. The number of carbonyl (C=O) groups is 2. The zero-order valence-electron chi connectivity index (χ0n) is 16.6. The Bertz CT molecular complexity index is 823. The molecule has 3 amide bonds. The summed E-state index contributed by atoms with van der Waals surface area (Å²) in [7, 11) is 0. The molecule has 2 unspecified atom stereocenters. The van der Waals surface area contributed by atoms with Gasteiger partial charge in [0.15, 0.2) is 0 Å². The van der Waals surface area contributed by atoms with Gasteiger partial charge in [-0.25, -0.2) is 4.79 Å². The lowest BCUT2D eigenvalue weighted by Crippen LogP contribution is -2.40. The van der Waals surface area contributed by atoms with E-state index < -0.39 is 18.2 Å². The van der Waals surface area contributed by atoms with Gasteiger partial charge in [0.1, 0.15) is 36.0 Å². The van der Waals surface area contributed by atoms with Crippen molar-refractivity contribution in [2.45, 2.75) is 32.4 Å². The Kier molecular flexibility index (Phi) is 6.72. The van der Waals surface area contributed by atoms with E-state index >= 15 is 0 Å². The maximum atomic E-state index is 12.3. The predicted molar refractivity (Wildman–Crippen MR) is 108 cm³/mol. The molecule has 2 N–H and O–H groups in total. The van der Waals surface area contributed by atoms with Crippen LogP contribution in [0, 0.1) is 5.92 Å². The molecule has 154 valence electrons. The van der Waals surface area contributed by atoms with Crippen LogP contribution in [-0.2, 0) is 4.79 Å². The van der Waals surface area contributed by atoms with Crippen LogP contribution >= 0.6 is 0 Å². The van der Waals surface area contributed by atoms with Gasteiger partial charge in [0.25, 0.3) is 5.91 Å². The molecular weight excluding hydrogens is 372 g/mol. The number of hydrogen-bond donors (Lipinski definition) is 2. The minimum Gasteiger partial charge on any atom is -0.491 e. The second-order valence-electron chi connectivity index (χ2n) is 7.43. The van der Waals surface area contributed by atoms with Crippen molar-refractivity contribution in [2.75, 3.05) is 13.2 Å². The van der Waals surface area contributed by atoms with Crippen LogP contribution in [0.1, 0.15) is 20.3 Å². The molecule has 2 aromatic rings. The Labute approximate surface area is 170 Å². The molecule has 0 bridgehead atoms. The summed E-state index contributed by atoms with van der Waals surface area (Å²) in [5.41, 5.74) is 0. The fourth-order valence-electron chi connectivity index (χ4n) is 3.07. The third-order valence-corrected chi connectivity index (χ3v) is 4.45. The Morgan fingerprint density at radius 1 is 1.00 bits per heavy atom. The predicted octanol–water partition coefficient (Wildman–Crippen LogP) is 3.19. The van der Waals surface area contributed by atoms with Crippen LogP contribution in [0.15, 0.2) is 54.6 Å². The number of aliphatic hydroxyl groups is 1. The Hall–Kier alpha value is -3.06. The largest absolute Gasteiger partial charge is 0.491 e. The highest BCUT2D eigenvalue weighted by molar-refractivity contribution is 6.04. The molecule has 7 nitrogen and oxygen atoms in total. The maximum Gasteiger partial charge on any atom is 0.324 e. The van der Waals surface area contributed by atoms with Gasteiger partial charge in [-0.1, -0.05) is 32.0 Å². The van der Waals surface area contributed by atoms with Crippen molar-refractivity contribution >= 4 is 11.9 Å². The average Bonchev–Trinajstić information content (AvgIpc) is 2.95. The zero-order valence-corrected chi connectivity index (χ0v) is 16.6. The second kappa shape index (κ2) is 9.43. The molecule has 0 radical (unpaired) electrons. The number of nitrogens with zero attached hydrogens (tertiary/aromatic N) is 1. The van der Waals surface area contributed by atoms with Crippen molar-refractivity contribution in [3.8, 4) is 17.2 Å². The van der Waals surface area contributed by atoms with E-state index in [9.17, 15) is 14.7 Å². The van der Waals surface area contributed by atoms with Crippen LogP contribution in [0.2, 0.25) is 0 Å². The monoisotopic (exact) mass is 398 g/mol. The summed E-state index contributed by atoms with van der Waals surface area (Å²) in [6, 6.07) is 15.4. The number of para-hydroxylation sites is 1. The van der Waals surface area contributed by atoms with E-state index in [1.54, 1.807) is 24.3 Å². The summed E-state index contributed by atoms with van der Waals surface area (Å²) in [6.45, 7) is 3.83. The number of hydrogen-bond acceptors (Lipinski definition) is 5. The summed E-state index contributed by atoms with van der Waals surface area (Å²) in [4.78, 5) is 25.4.